The number of hydrogen-bond acceptors (Lipinski definition) is 7. The number of nitrogens with zero attached hydrogens (tertiary/aromatic N) is 6. The Bertz CT molecular complexity index is 933. The molecule has 0 aliphatic carbocycles. The van der Waals surface area contributed by atoms with Crippen LogP contribution in [0, 0.1) is 0 Å². The molecule has 0 radical (unpaired) electrons. The molecule has 0 saturated carbocycles. The third-order valence-electron chi connectivity index (χ3n) is 4.48. The lowest BCUT2D eigenvalue weighted by molar-refractivity contribution is 0.0722. The fourth-order valence-corrected chi connectivity index (χ4v) is 3.19. The van der Waals surface area contributed by atoms with Gasteiger partial charge in [0.15, 0.2) is 11.5 Å². The molecular formula is C17H19N7O2. The van der Waals surface area contributed by atoms with Gasteiger partial charge in [-0.05, 0) is 12.8 Å². The molecule has 3 aromatic rings. The van der Waals surface area contributed by atoms with Crippen molar-refractivity contribution in [2.75, 3.05) is 18.9 Å². The Morgan fingerprint density at radius 1 is 1.35 bits per heavy atom. The Morgan fingerprint density at radius 2 is 2.23 bits per heavy atom. The molecule has 1 aliphatic rings. The maximum atomic E-state index is 13.0. The van der Waals surface area contributed by atoms with Gasteiger partial charge in [0.2, 0.25) is 0 Å². The van der Waals surface area contributed by atoms with Gasteiger partial charge in [0, 0.05) is 32.9 Å². The van der Waals surface area contributed by atoms with E-state index in [1.54, 1.807) is 41.3 Å². The molecule has 1 fully saturated rings. The van der Waals surface area contributed by atoms with Gasteiger partial charge in [0.05, 0.1) is 35.9 Å². The first kappa shape index (κ1) is 16.2. The summed E-state index contributed by atoms with van der Waals surface area (Å²) >= 11 is 0. The summed E-state index contributed by atoms with van der Waals surface area (Å²) in [6, 6.07) is 1.55. The van der Waals surface area contributed by atoms with Gasteiger partial charge in [0.25, 0.3) is 5.91 Å². The Kier molecular flexibility index (Phi) is 4.11. The van der Waals surface area contributed by atoms with Gasteiger partial charge in [-0.1, -0.05) is 5.16 Å². The summed E-state index contributed by atoms with van der Waals surface area (Å²) in [5.41, 5.74) is 1.84. The summed E-state index contributed by atoms with van der Waals surface area (Å²) in [6.45, 7) is 0.657. The normalized spacial score (nSPS) is 16.8. The SMILES string of the molecule is CNc1cncc(C2CCCN2C(=O)c2cc(-c3cnn(C)c3)on2)n1. The predicted molar refractivity (Wildman–Crippen MR) is 93.3 cm³/mol. The molecule has 1 atom stereocenters. The van der Waals surface area contributed by atoms with Gasteiger partial charge in [0.1, 0.15) is 5.82 Å². The van der Waals surface area contributed by atoms with E-state index < -0.39 is 0 Å². The van der Waals surface area contributed by atoms with E-state index in [1.165, 1.54) is 0 Å². The second-order valence-electron chi connectivity index (χ2n) is 6.21. The van der Waals surface area contributed by atoms with Gasteiger partial charge < -0.3 is 14.7 Å². The molecule has 0 spiro atoms. The molecule has 9 nitrogen and oxygen atoms in total. The van der Waals surface area contributed by atoms with Crippen molar-refractivity contribution in [1.82, 2.24) is 29.8 Å². The van der Waals surface area contributed by atoms with Crippen molar-refractivity contribution >= 4 is 11.7 Å². The molecule has 1 aliphatic heterocycles. The molecule has 3 aromatic heterocycles. The van der Waals surface area contributed by atoms with E-state index in [0.717, 1.165) is 24.1 Å². The van der Waals surface area contributed by atoms with Crippen LogP contribution in [0.3, 0.4) is 0 Å². The number of carbonyl (C=O) groups excluding carboxylic acids is 1. The summed E-state index contributed by atoms with van der Waals surface area (Å²) in [6.07, 6.45) is 8.61. The van der Waals surface area contributed by atoms with Crippen LogP contribution in [0.5, 0.6) is 0 Å². The molecule has 1 unspecified atom stereocenters. The standard InChI is InChI=1S/C17H19N7O2/c1-18-16-9-19-8-13(21-16)14-4-3-5-24(14)17(25)12-6-15(26-22-12)11-7-20-23(2)10-11/h6-10,14H,3-5H2,1-2H3,(H,18,21). The number of aryl methyl sites for hydroxylation is 1. The molecule has 1 N–H and O–H groups in total. The number of aromatic nitrogens is 5. The van der Waals surface area contributed by atoms with E-state index >= 15 is 0 Å². The highest BCUT2D eigenvalue weighted by atomic mass is 16.5. The van der Waals surface area contributed by atoms with Crippen molar-refractivity contribution in [2.45, 2.75) is 18.9 Å². The Balaban J connectivity index is 1.58. The van der Waals surface area contributed by atoms with Crippen LogP contribution in [0.2, 0.25) is 0 Å². The summed E-state index contributed by atoms with van der Waals surface area (Å²) in [5, 5.41) is 11.0. The first-order valence-corrected chi connectivity index (χ1v) is 8.42. The van der Waals surface area contributed by atoms with Gasteiger partial charge in [-0.25, -0.2) is 4.98 Å². The van der Waals surface area contributed by atoms with E-state index in [0.29, 0.717) is 18.1 Å². The highest BCUT2D eigenvalue weighted by Crippen LogP contribution is 2.32. The minimum atomic E-state index is -0.164. The summed E-state index contributed by atoms with van der Waals surface area (Å²) in [5.74, 6) is 1.04. The lowest BCUT2D eigenvalue weighted by Gasteiger charge is -2.23. The third kappa shape index (κ3) is 2.92. The average Bonchev–Trinajstić information content (AvgIpc) is 3.41. The van der Waals surface area contributed by atoms with Crippen LogP contribution in [-0.4, -0.2) is 49.3 Å². The van der Waals surface area contributed by atoms with E-state index in [9.17, 15) is 4.79 Å². The molecule has 4 heterocycles. The Labute approximate surface area is 150 Å². The molecule has 1 saturated heterocycles. The second kappa shape index (κ2) is 6.58. The minimum Gasteiger partial charge on any atom is -0.372 e. The Hall–Kier alpha value is -3.23. The molecular weight excluding hydrogens is 334 g/mol. The lowest BCUT2D eigenvalue weighted by Crippen LogP contribution is -2.31. The predicted octanol–water partition coefficient (Wildman–Crippen LogP) is 1.88. The fraction of sp³-hybridized carbons (Fsp3) is 0.353. The van der Waals surface area contributed by atoms with Crippen molar-refractivity contribution < 1.29 is 9.32 Å². The van der Waals surface area contributed by atoms with Gasteiger partial charge in [-0.15, -0.1) is 0 Å². The highest BCUT2D eigenvalue weighted by Gasteiger charge is 2.33. The number of likely N-dealkylation sites (tertiary alicyclic amines) is 1. The maximum Gasteiger partial charge on any atom is 0.276 e. The number of hydrogen-bond donors (Lipinski definition) is 1. The molecule has 26 heavy (non-hydrogen) atoms. The highest BCUT2D eigenvalue weighted by molar-refractivity contribution is 5.93. The van der Waals surface area contributed by atoms with Gasteiger partial charge in [-0.3, -0.25) is 14.5 Å². The van der Waals surface area contributed by atoms with E-state index in [2.05, 4.69) is 25.5 Å². The zero-order valence-electron chi connectivity index (χ0n) is 14.6. The molecule has 4 rings (SSSR count). The zero-order valence-corrected chi connectivity index (χ0v) is 14.6. The Morgan fingerprint density at radius 3 is 3.00 bits per heavy atom. The van der Waals surface area contributed by atoms with Crippen molar-refractivity contribution in [3.05, 3.63) is 42.2 Å². The van der Waals surface area contributed by atoms with Crippen molar-refractivity contribution in [1.29, 1.82) is 0 Å². The monoisotopic (exact) mass is 353 g/mol. The number of amides is 1. The van der Waals surface area contributed by atoms with E-state index in [1.807, 2.05) is 13.2 Å². The smallest absolute Gasteiger partial charge is 0.276 e. The fourth-order valence-electron chi connectivity index (χ4n) is 3.19. The molecule has 134 valence electrons. The van der Waals surface area contributed by atoms with Crippen LogP contribution in [0.1, 0.15) is 35.1 Å². The molecule has 0 bridgehead atoms. The van der Waals surface area contributed by atoms with Crippen LogP contribution >= 0.6 is 0 Å². The second-order valence-corrected chi connectivity index (χ2v) is 6.21. The quantitative estimate of drug-likeness (QED) is 0.764. The summed E-state index contributed by atoms with van der Waals surface area (Å²) < 4.78 is 7.00. The van der Waals surface area contributed by atoms with E-state index in [4.69, 9.17) is 4.52 Å². The van der Waals surface area contributed by atoms with Gasteiger partial charge in [-0.2, -0.15) is 5.10 Å². The number of nitrogens with one attached hydrogen (secondary N) is 1. The zero-order chi connectivity index (χ0) is 18.1. The van der Waals surface area contributed by atoms with E-state index in [-0.39, 0.29) is 17.6 Å². The lowest BCUT2D eigenvalue weighted by atomic mass is 10.1. The van der Waals surface area contributed by atoms with Crippen LogP contribution in [0.15, 0.2) is 35.4 Å². The van der Waals surface area contributed by atoms with Crippen LogP contribution in [-0.2, 0) is 7.05 Å². The van der Waals surface area contributed by atoms with Crippen LogP contribution in [0.4, 0.5) is 5.82 Å². The largest absolute Gasteiger partial charge is 0.372 e. The number of carbonyl (C=O) groups is 1. The van der Waals surface area contributed by atoms with Crippen molar-refractivity contribution in [3.8, 4) is 11.3 Å². The molecule has 9 heteroatoms. The molecule has 0 aromatic carbocycles. The third-order valence-corrected chi connectivity index (χ3v) is 4.48. The summed E-state index contributed by atoms with van der Waals surface area (Å²) in [4.78, 5) is 23.5. The maximum absolute atomic E-state index is 13.0. The number of rotatable bonds is 4. The molecule has 1 amide bonds. The van der Waals surface area contributed by atoms with Crippen molar-refractivity contribution in [3.63, 3.8) is 0 Å². The number of anilines is 1. The first-order chi connectivity index (χ1) is 12.7. The average molecular weight is 353 g/mol. The summed E-state index contributed by atoms with van der Waals surface area (Å²) in [7, 11) is 3.61. The first-order valence-electron chi connectivity index (χ1n) is 8.42. The van der Waals surface area contributed by atoms with Crippen LogP contribution in [0.25, 0.3) is 11.3 Å². The van der Waals surface area contributed by atoms with Crippen molar-refractivity contribution in [2.24, 2.45) is 7.05 Å². The van der Waals surface area contributed by atoms with Crippen LogP contribution < -0.4 is 5.32 Å². The van der Waals surface area contributed by atoms with Gasteiger partial charge >= 0.3 is 0 Å². The topological polar surface area (TPSA) is 102 Å². The minimum absolute atomic E-state index is 0.109.